The molecule has 1 fully saturated rings. The van der Waals surface area contributed by atoms with Crippen LogP contribution in [0, 0.1) is 5.92 Å². The molecule has 13 nitrogen and oxygen atoms in total. The molecule has 3 aromatic rings. The molecule has 4 rings (SSSR count). The van der Waals surface area contributed by atoms with E-state index in [-0.39, 0.29) is 40.5 Å². The molecule has 0 aliphatic heterocycles. The number of sulfonamides is 1. The molecule has 0 amide bonds. The quantitative estimate of drug-likeness (QED) is 0.377. The van der Waals surface area contributed by atoms with Gasteiger partial charge in [-0.1, -0.05) is 11.6 Å². The molecule has 206 valence electrons. The van der Waals surface area contributed by atoms with Crippen molar-refractivity contribution in [1.82, 2.24) is 34.7 Å². The van der Waals surface area contributed by atoms with Gasteiger partial charge in [0.15, 0.2) is 11.5 Å². The average Bonchev–Trinajstić information content (AvgIpc) is 3.60. The number of hydrogen-bond donors (Lipinski definition) is 1. The minimum atomic E-state index is -4.48. The SMILES string of the molecule is COc1ncnc(OC)c1-n1c(NS(=O)(=O)[C@@H](C)[C@H](OC)c2ncc(Cl)cn2)nnc1[C@@H]1C[C@H]1C(F)(F)F. The van der Waals surface area contributed by atoms with E-state index in [1.54, 1.807) is 0 Å². The van der Waals surface area contributed by atoms with E-state index in [9.17, 15) is 21.6 Å². The Hall–Kier alpha value is -3.31. The number of hydrogen-bond acceptors (Lipinski definition) is 11. The zero-order valence-corrected chi connectivity index (χ0v) is 21.9. The Morgan fingerprint density at radius 1 is 1.08 bits per heavy atom. The van der Waals surface area contributed by atoms with E-state index in [0.717, 1.165) is 10.9 Å². The summed E-state index contributed by atoms with van der Waals surface area (Å²) in [5, 5.41) is 6.69. The molecule has 1 saturated carbocycles. The molecule has 0 spiro atoms. The Morgan fingerprint density at radius 3 is 2.18 bits per heavy atom. The van der Waals surface area contributed by atoms with Crippen molar-refractivity contribution in [2.45, 2.75) is 36.8 Å². The third-order valence-electron chi connectivity index (χ3n) is 5.89. The summed E-state index contributed by atoms with van der Waals surface area (Å²) in [5.41, 5.74) is -0.0833. The van der Waals surface area contributed by atoms with Gasteiger partial charge in [-0.2, -0.15) is 23.1 Å². The molecule has 0 radical (unpaired) electrons. The number of anilines is 1. The molecule has 4 atom stereocenters. The fraction of sp³-hybridized carbons (Fsp3) is 0.500. The van der Waals surface area contributed by atoms with Crippen LogP contribution in [0.25, 0.3) is 5.69 Å². The Morgan fingerprint density at radius 2 is 1.68 bits per heavy atom. The number of ether oxygens (including phenoxy) is 3. The first-order valence-electron chi connectivity index (χ1n) is 10.9. The Labute approximate surface area is 219 Å². The van der Waals surface area contributed by atoms with Crippen LogP contribution in [0.5, 0.6) is 11.8 Å². The Kier molecular flexibility index (Phi) is 7.62. The maximum absolute atomic E-state index is 13.4. The van der Waals surface area contributed by atoms with Gasteiger partial charge in [0.2, 0.25) is 27.7 Å². The number of rotatable bonds is 10. The first kappa shape index (κ1) is 27.7. The highest BCUT2D eigenvalue weighted by Gasteiger charge is 2.58. The molecule has 1 N–H and O–H groups in total. The second kappa shape index (κ2) is 10.5. The normalized spacial score (nSPS) is 19.1. The van der Waals surface area contributed by atoms with E-state index in [1.807, 2.05) is 0 Å². The van der Waals surface area contributed by atoms with E-state index in [1.165, 1.54) is 40.6 Å². The van der Waals surface area contributed by atoms with Crippen molar-refractivity contribution in [3.8, 4) is 17.4 Å². The molecule has 0 saturated heterocycles. The standard InChI is InChI=1S/C20H22ClF3N8O5S/c1-9(14(35-2)15-25-6-10(21)7-26-15)38(33,34)31-19-30-29-16(11-5-12(11)20(22,23)24)32(19)13-17(36-3)27-8-28-18(13)37-4/h6-9,11-12,14H,5H2,1-4H3,(H,30,31)/t9-,11+,12+,14-/m0/s1. The van der Waals surface area contributed by atoms with Crippen molar-refractivity contribution >= 4 is 27.6 Å². The molecular formula is C20H22ClF3N8O5S. The maximum Gasteiger partial charge on any atom is 0.392 e. The maximum atomic E-state index is 13.4. The van der Waals surface area contributed by atoms with Crippen molar-refractivity contribution < 1.29 is 35.8 Å². The van der Waals surface area contributed by atoms with Gasteiger partial charge in [-0.3, -0.25) is 9.29 Å². The first-order chi connectivity index (χ1) is 17.9. The van der Waals surface area contributed by atoms with Gasteiger partial charge in [0, 0.05) is 25.4 Å². The van der Waals surface area contributed by atoms with Gasteiger partial charge in [-0.25, -0.2) is 18.4 Å². The van der Waals surface area contributed by atoms with E-state index in [4.69, 9.17) is 25.8 Å². The molecule has 0 bridgehead atoms. The smallest absolute Gasteiger partial charge is 0.392 e. The number of nitrogens with one attached hydrogen (secondary N) is 1. The molecule has 0 unspecified atom stereocenters. The summed E-state index contributed by atoms with van der Waals surface area (Å²) in [7, 11) is -0.528. The predicted octanol–water partition coefficient (Wildman–Crippen LogP) is 2.70. The summed E-state index contributed by atoms with van der Waals surface area (Å²) in [5.74, 6) is -3.56. The second-order valence-corrected chi connectivity index (χ2v) is 10.7. The zero-order chi connectivity index (χ0) is 27.8. The van der Waals surface area contributed by atoms with Crippen molar-refractivity contribution in [1.29, 1.82) is 0 Å². The lowest BCUT2D eigenvalue weighted by Gasteiger charge is -2.22. The summed E-state index contributed by atoms with van der Waals surface area (Å²) in [6.07, 6.45) is -2.20. The van der Waals surface area contributed by atoms with Gasteiger partial charge in [0.25, 0.3) is 0 Å². The van der Waals surface area contributed by atoms with Crippen molar-refractivity contribution in [3.05, 3.63) is 35.4 Å². The highest BCUT2D eigenvalue weighted by atomic mass is 35.5. The summed E-state index contributed by atoms with van der Waals surface area (Å²) in [4.78, 5) is 16.0. The summed E-state index contributed by atoms with van der Waals surface area (Å²) < 4.78 is 86.3. The highest BCUT2D eigenvalue weighted by Crippen LogP contribution is 2.56. The third-order valence-corrected chi connectivity index (χ3v) is 7.78. The lowest BCUT2D eigenvalue weighted by atomic mass is 10.2. The van der Waals surface area contributed by atoms with E-state index in [0.29, 0.717) is 0 Å². The minimum Gasteiger partial charge on any atom is -0.479 e. The van der Waals surface area contributed by atoms with E-state index in [2.05, 4.69) is 34.9 Å². The van der Waals surface area contributed by atoms with E-state index >= 15 is 0 Å². The molecule has 3 aromatic heterocycles. The largest absolute Gasteiger partial charge is 0.479 e. The van der Waals surface area contributed by atoms with Crippen LogP contribution in [-0.2, 0) is 14.8 Å². The lowest BCUT2D eigenvalue weighted by Crippen LogP contribution is -2.33. The molecular weight excluding hydrogens is 557 g/mol. The van der Waals surface area contributed by atoms with Crippen LogP contribution in [-0.4, -0.2) is 75.9 Å². The fourth-order valence-electron chi connectivity index (χ4n) is 3.86. The average molecular weight is 579 g/mol. The van der Waals surface area contributed by atoms with Crippen LogP contribution in [0.15, 0.2) is 18.7 Å². The van der Waals surface area contributed by atoms with Crippen LogP contribution < -0.4 is 14.2 Å². The summed E-state index contributed by atoms with van der Waals surface area (Å²) in [6.45, 7) is 1.34. The Balaban J connectivity index is 1.78. The lowest BCUT2D eigenvalue weighted by molar-refractivity contribution is -0.148. The zero-order valence-electron chi connectivity index (χ0n) is 20.3. The molecule has 0 aromatic carbocycles. The fourth-order valence-corrected chi connectivity index (χ4v) is 5.09. The van der Waals surface area contributed by atoms with Gasteiger partial charge < -0.3 is 14.2 Å². The second-order valence-electron chi connectivity index (χ2n) is 8.22. The Bertz CT molecular complexity index is 1380. The number of halogens is 4. The molecule has 38 heavy (non-hydrogen) atoms. The van der Waals surface area contributed by atoms with Gasteiger partial charge in [0.05, 0.1) is 25.2 Å². The summed E-state index contributed by atoms with van der Waals surface area (Å²) in [6, 6.07) is 0. The monoisotopic (exact) mass is 578 g/mol. The topological polar surface area (TPSA) is 156 Å². The van der Waals surface area contributed by atoms with Crippen LogP contribution in [0.4, 0.5) is 19.1 Å². The van der Waals surface area contributed by atoms with Crippen molar-refractivity contribution in [2.24, 2.45) is 5.92 Å². The van der Waals surface area contributed by atoms with E-state index < -0.39 is 45.3 Å². The molecule has 18 heteroatoms. The number of methoxy groups -OCH3 is 3. The number of aromatic nitrogens is 7. The van der Waals surface area contributed by atoms with Crippen LogP contribution >= 0.6 is 11.6 Å². The highest BCUT2D eigenvalue weighted by molar-refractivity contribution is 7.93. The van der Waals surface area contributed by atoms with Crippen LogP contribution in [0.1, 0.15) is 37.0 Å². The molecule has 1 aliphatic carbocycles. The van der Waals surface area contributed by atoms with Gasteiger partial charge in [-0.05, 0) is 13.3 Å². The third kappa shape index (κ3) is 5.30. The van der Waals surface area contributed by atoms with Crippen LogP contribution in [0.3, 0.4) is 0 Å². The van der Waals surface area contributed by atoms with Gasteiger partial charge >= 0.3 is 6.18 Å². The minimum absolute atomic E-state index is 0.0442. The first-order valence-corrected chi connectivity index (χ1v) is 12.8. The number of alkyl halides is 3. The van der Waals surface area contributed by atoms with Gasteiger partial charge in [-0.15, -0.1) is 10.2 Å². The van der Waals surface area contributed by atoms with Crippen molar-refractivity contribution in [2.75, 3.05) is 26.1 Å². The molecule has 3 heterocycles. The van der Waals surface area contributed by atoms with Crippen molar-refractivity contribution in [3.63, 3.8) is 0 Å². The molecule has 1 aliphatic rings. The van der Waals surface area contributed by atoms with Crippen LogP contribution in [0.2, 0.25) is 5.02 Å². The predicted molar refractivity (Wildman–Crippen MR) is 126 cm³/mol. The van der Waals surface area contributed by atoms with Gasteiger partial charge in [0.1, 0.15) is 23.5 Å². The number of nitrogens with zero attached hydrogens (tertiary/aromatic N) is 7. The summed E-state index contributed by atoms with van der Waals surface area (Å²) >= 11 is 5.82.